The van der Waals surface area contributed by atoms with Crippen molar-refractivity contribution in [3.63, 3.8) is 0 Å². The standard InChI is InChI=1S/C18H23FN2O2/c19-16-7-4-3-6-15(16)14-9-11-21(12-14)18(23)13-20-10-5-1-2-8-17(20)22/h3-4,6-7,14H,1-2,5,8-13H2/t14-/m1/s1. The Hall–Kier alpha value is -1.91. The molecular formula is C18H23FN2O2. The summed E-state index contributed by atoms with van der Waals surface area (Å²) in [6.07, 6.45) is 4.26. The minimum Gasteiger partial charge on any atom is -0.341 e. The van der Waals surface area contributed by atoms with Gasteiger partial charge in [0.1, 0.15) is 5.82 Å². The van der Waals surface area contributed by atoms with Crippen molar-refractivity contribution in [3.05, 3.63) is 35.6 Å². The molecule has 3 rings (SSSR count). The van der Waals surface area contributed by atoms with Crippen molar-refractivity contribution in [2.75, 3.05) is 26.2 Å². The van der Waals surface area contributed by atoms with Gasteiger partial charge in [-0.05, 0) is 30.9 Å². The summed E-state index contributed by atoms with van der Waals surface area (Å²) in [6, 6.07) is 6.78. The second kappa shape index (κ2) is 7.11. The molecule has 1 aromatic rings. The summed E-state index contributed by atoms with van der Waals surface area (Å²) in [5, 5.41) is 0. The van der Waals surface area contributed by atoms with Crippen LogP contribution in [0.2, 0.25) is 0 Å². The summed E-state index contributed by atoms with van der Waals surface area (Å²) in [7, 11) is 0. The number of rotatable bonds is 3. The van der Waals surface area contributed by atoms with Gasteiger partial charge in [0.2, 0.25) is 11.8 Å². The van der Waals surface area contributed by atoms with Crippen molar-refractivity contribution < 1.29 is 14.0 Å². The number of halogens is 1. The Bertz CT molecular complexity index is 590. The molecule has 2 aliphatic heterocycles. The summed E-state index contributed by atoms with van der Waals surface area (Å²) in [5.74, 6) is -0.0747. The van der Waals surface area contributed by atoms with E-state index in [0.717, 1.165) is 25.7 Å². The van der Waals surface area contributed by atoms with E-state index in [4.69, 9.17) is 0 Å². The van der Waals surface area contributed by atoms with E-state index in [1.54, 1.807) is 21.9 Å². The SMILES string of the molecule is O=C1CCCCCN1CC(=O)N1CC[C@@H](c2ccccc2F)C1. The lowest BCUT2D eigenvalue weighted by molar-refractivity contribution is -0.139. The molecule has 0 N–H and O–H groups in total. The van der Waals surface area contributed by atoms with E-state index >= 15 is 0 Å². The molecule has 0 unspecified atom stereocenters. The summed E-state index contributed by atoms with van der Waals surface area (Å²) >= 11 is 0. The Balaban J connectivity index is 1.59. The lowest BCUT2D eigenvalue weighted by Gasteiger charge is -2.24. The molecule has 0 radical (unpaired) electrons. The van der Waals surface area contributed by atoms with Crippen molar-refractivity contribution in [2.24, 2.45) is 0 Å². The van der Waals surface area contributed by atoms with Gasteiger partial charge in [-0.2, -0.15) is 0 Å². The van der Waals surface area contributed by atoms with E-state index in [2.05, 4.69) is 0 Å². The number of nitrogens with zero attached hydrogens (tertiary/aromatic N) is 2. The summed E-state index contributed by atoms with van der Waals surface area (Å²) < 4.78 is 13.9. The number of amides is 2. The highest BCUT2D eigenvalue weighted by atomic mass is 19.1. The third-order valence-electron chi connectivity index (χ3n) is 4.88. The predicted octanol–water partition coefficient (Wildman–Crippen LogP) is 2.54. The molecule has 1 atom stereocenters. The lowest BCUT2D eigenvalue weighted by atomic mass is 9.98. The van der Waals surface area contributed by atoms with Gasteiger partial charge in [0.25, 0.3) is 0 Å². The highest BCUT2D eigenvalue weighted by Gasteiger charge is 2.30. The van der Waals surface area contributed by atoms with Crippen LogP contribution in [-0.4, -0.2) is 47.8 Å². The van der Waals surface area contributed by atoms with Crippen LogP contribution in [0.3, 0.4) is 0 Å². The fourth-order valence-corrected chi connectivity index (χ4v) is 3.52. The Labute approximate surface area is 136 Å². The van der Waals surface area contributed by atoms with Crippen LogP contribution in [-0.2, 0) is 9.59 Å². The highest BCUT2D eigenvalue weighted by molar-refractivity contribution is 5.85. The van der Waals surface area contributed by atoms with Crippen LogP contribution in [0.1, 0.15) is 43.6 Å². The second-order valence-corrected chi connectivity index (χ2v) is 6.47. The van der Waals surface area contributed by atoms with E-state index in [1.165, 1.54) is 6.07 Å². The smallest absolute Gasteiger partial charge is 0.242 e. The molecule has 5 heteroatoms. The zero-order chi connectivity index (χ0) is 16.2. The van der Waals surface area contributed by atoms with E-state index in [0.29, 0.717) is 31.6 Å². The van der Waals surface area contributed by atoms with E-state index in [-0.39, 0.29) is 30.1 Å². The molecule has 23 heavy (non-hydrogen) atoms. The summed E-state index contributed by atoms with van der Waals surface area (Å²) in [4.78, 5) is 27.9. The van der Waals surface area contributed by atoms with E-state index in [1.807, 2.05) is 6.07 Å². The molecule has 0 saturated carbocycles. The van der Waals surface area contributed by atoms with Gasteiger partial charge in [-0.25, -0.2) is 4.39 Å². The van der Waals surface area contributed by atoms with E-state index < -0.39 is 0 Å². The normalized spacial score (nSPS) is 22.3. The van der Waals surface area contributed by atoms with Gasteiger partial charge in [-0.1, -0.05) is 24.6 Å². The number of hydrogen-bond acceptors (Lipinski definition) is 2. The van der Waals surface area contributed by atoms with Gasteiger partial charge in [0.05, 0.1) is 6.54 Å². The van der Waals surface area contributed by atoms with Gasteiger partial charge >= 0.3 is 0 Å². The maximum Gasteiger partial charge on any atom is 0.242 e. The van der Waals surface area contributed by atoms with Crippen molar-refractivity contribution in [1.29, 1.82) is 0 Å². The molecule has 2 heterocycles. The molecule has 2 amide bonds. The average molecular weight is 318 g/mol. The average Bonchev–Trinajstić information content (AvgIpc) is 2.95. The lowest BCUT2D eigenvalue weighted by Crippen LogP contribution is -2.41. The molecule has 4 nitrogen and oxygen atoms in total. The highest BCUT2D eigenvalue weighted by Crippen LogP contribution is 2.29. The maximum atomic E-state index is 13.9. The zero-order valence-corrected chi connectivity index (χ0v) is 13.3. The fraction of sp³-hybridized carbons (Fsp3) is 0.556. The topological polar surface area (TPSA) is 40.6 Å². The summed E-state index contributed by atoms with van der Waals surface area (Å²) in [5.41, 5.74) is 0.689. The largest absolute Gasteiger partial charge is 0.341 e. The summed E-state index contributed by atoms with van der Waals surface area (Å²) in [6.45, 7) is 2.03. The number of benzene rings is 1. The third kappa shape index (κ3) is 3.71. The van der Waals surface area contributed by atoms with Crippen LogP contribution in [0.15, 0.2) is 24.3 Å². The molecule has 0 bridgehead atoms. The van der Waals surface area contributed by atoms with Crippen LogP contribution in [0.5, 0.6) is 0 Å². The molecule has 0 spiro atoms. The molecule has 2 fully saturated rings. The molecule has 124 valence electrons. The fourth-order valence-electron chi connectivity index (χ4n) is 3.52. The molecule has 2 aliphatic rings. The van der Waals surface area contributed by atoms with Crippen molar-refractivity contribution >= 4 is 11.8 Å². The molecular weight excluding hydrogens is 295 g/mol. The van der Waals surface area contributed by atoms with Gasteiger partial charge < -0.3 is 9.80 Å². The van der Waals surface area contributed by atoms with E-state index in [9.17, 15) is 14.0 Å². The number of carbonyl (C=O) groups excluding carboxylic acids is 2. The molecule has 0 aliphatic carbocycles. The Morgan fingerprint density at radius 3 is 2.83 bits per heavy atom. The minimum absolute atomic E-state index is 0.0147. The van der Waals surface area contributed by atoms with Crippen molar-refractivity contribution in [3.8, 4) is 0 Å². The van der Waals surface area contributed by atoms with Crippen LogP contribution in [0.25, 0.3) is 0 Å². The Kier molecular flexibility index (Phi) is 4.94. The zero-order valence-electron chi connectivity index (χ0n) is 13.3. The van der Waals surface area contributed by atoms with Gasteiger partial charge in [0.15, 0.2) is 0 Å². The first-order valence-electron chi connectivity index (χ1n) is 8.45. The predicted molar refractivity (Wildman–Crippen MR) is 85.4 cm³/mol. The van der Waals surface area contributed by atoms with Crippen molar-refractivity contribution in [2.45, 2.75) is 38.0 Å². The monoisotopic (exact) mass is 318 g/mol. The van der Waals surface area contributed by atoms with Crippen molar-refractivity contribution in [1.82, 2.24) is 9.80 Å². The Morgan fingerprint density at radius 1 is 1.17 bits per heavy atom. The maximum absolute atomic E-state index is 13.9. The second-order valence-electron chi connectivity index (χ2n) is 6.47. The quantitative estimate of drug-likeness (QED) is 0.859. The van der Waals surface area contributed by atoms with Crippen LogP contribution in [0.4, 0.5) is 4.39 Å². The van der Waals surface area contributed by atoms with Gasteiger partial charge in [-0.3, -0.25) is 9.59 Å². The molecule has 1 aromatic carbocycles. The van der Waals surface area contributed by atoms with Crippen LogP contribution >= 0.6 is 0 Å². The van der Waals surface area contributed by atoms with Gasteiger partial charge in [-0.15, -0.1) is 0 Å². The number of carbonyl (C=O) groups is 2. The third-order valence-corrected chi connectivity index (χ3v) is 4.88. The first-order valence-corrected chi connectivity index (χ1v) is 8.45. The van der Waals surface area contributed by atoms with Crippen LogP contribution in [0, 0.1) is 5.82 Å². The molecule has 2 saturated heterocycles. The minimum atomic E-state index is -0.200. The number of likely N-dealkylation sites (tertiary alicyclic amines) is 2. The first-order chi connectivity index (χ1) is 11.1. The molecule has 0 aromatic heterocycles. The first kappa shape index (κ1) is 16.0. The Morgan fingerprint density at radius 2 is 2.00 bits per heavy atom. The number of hydrogen-bond donors (Lipinski definition) is 0. The van der Waals surface area contributed by atoms with Gasteiger partial charge in [0, 0.05) is 32.0 Å². The van der Waals surface area contributed by atoms with Crippen LogP contribution < -0.4 is 0 Å².